The van der Waals surface area contributed by atoms with Crippen molar-refractivity contribution >= 4 is 45.2 Å². The fraction of sp³-hybridized carbons (Fsp3) is 0.714. The molecule has 0 radical (unpaired) electrons. The van der Waals surface area contributed by atoms with E-state index in [-0.39, 0.29) is 10.8 Å². The molecule has 0 aliphatic carbocycles. The molecule has 0 saturated heterocycles. The molecule has 0 aromatic heterocycles. The molecule has 0 unspecified atom stereocenters. The Morgan fingerprint density at radius 2 is 0.812 bits per heavy atom. The van der Waals surface area contributed by atoms with Crippen LogP contribution < -0.4 is 0 Å². The minimum absolute atomic E-state index is 0.251. The van der Waals surface area contributed by atoms with E-state index in [0.717, 1.165) is 0 Å². The SMILES string of the molecule is CC(/C(C)=C(\I)C(C)(C)C)=C(/I)C(C)(C)C. The van der Waals surface area contributed by atoms with Gasteiger partial charge in [-0.15, -0.1) is 0 Å². The molecule has 0 heterocycles. The van der Waals surface area contributed by atoms with E-state index in [2.05, 4.69) is 101 Å². The summed E-state index contributed by atoms with van der Waals surface area (Å²) in [4.78, 5) is 0. The van der Waals surface area contributed by atoms with Crippen LogP contribution in [0.1, 0.15) is 55.4 Å². The fourth-order valence-corrected chi connectivity index (χ4v) is 2.26. The number of hydrogen-bond donors (Lipinski definition) is 0. The first-order valence-electron chi connectivity index (χ1n) is 5.63. The topological polar surface area (TPSA) is 0 Å². The maximum atomic E-state index is 2.49. The Morgan fingerprint density at radius 3 is 0.938 bits per heavy atom. The lowest BCUT2D eigenvalue weighted by Gasteiger charge is -2.25. The van der Waals surface area contributed by atoms with Crippen LogP contribution in [0, 0.1) is 10.8 Å². The lowest BCUT2D eigenvalue weighted by molar-refractivity contribution is 0.528. The average molecular weight is 446 g/mol. The van der Waals surface area contributed by atoms with Crippen LogP contribution >= 0.6 is 45.2 Å². The summed E-state index contributed by atoms with van der Waals surface area (Å²) in [5.74, 6) is 0. The summed E-state index contributed by atoms with van der Waals surface area (Å²) in [5.41, 5.74) is 3.38. The molecule has 2 heteroatoms. The zero-order valence-electron chi connectivity index (χ0n) is 11.8. The molecule has 0 fully saturated rings. The summed E-state index contributed by atoms with van der Waals surface area (Å²) in [6.45, 7) is 18.1. The van der Waals surface area contributed by atoms with Crippen LogP contribution in [0.2, 0.25) is 0 Å². The minimum atomic E-state index is 0.251. The van der Waals surface area contributed by atoms with E-state index in [1.165, 1.54) is 18.3 Å². The summed E-state index contributed by atoms with van der Waals surface area (Å²) < 4.78 is 2.92. The Hall–Kier alpha value is 0.940. The Kier molecular flexibility index (Phi) is 6.06. The monoisotopic (exact) mass is 446 g/mol. The van der Waals surface area contributed by atoms with E-state index in [4.69, 9.17) is 0 Å². The normalized spacial score (nSPS) is 16.9. The van der Waals surface area contributed by atoms with Crippen molar-refractivity contribution in [2.24, 2.45) is 10.8 Å². The third-order valence-corrected chi connectivity index (χ3v) is 7.39. The maximum Gasteiger partial charge on any atom is -0.000836 e. The van der Waals surface area contributed by atoms with Gasteiger partial charge in [0.25, 0.3) is 0 Å². The molecule has 0 rings (SSSR count). The van der Waals surface area contributed by atoms with Crippen LogP contribution in [-0.2, 0) is 0 Å². The van der Waals surface area contributed by atoms with E-state index < -0.39 is 0 Å². The highest BCUT2D eigenvalue weighted by molar-refractivity contribution is 14.1. The molecule has 0 atom stereocenters. The highest BCUT2D eigenvalue weighted by Gasteiger charge is 2.21. The molecule has 0 N–H and O–H groups in total. The van der Waals surface area contributed by atoms with Gasteiger partial charge in [-0.2, -0.15) is 0 Å². The molecule has 94 valence electrons. The van der Waals surface area contributed by atoms with Crippen LogP contribution in [0.25, 0.3) is 0 Å². The van der Waals surface area contributed by atoms with Gasteiger partial charge in [-0.05, 0) is 88.2 Å². The van der Waals surface area contributed by atoms with Crippen molar-refractivity contribution in [3.05, 3.63) is 18.3 Å². The number of rotatable bonds is 1. The van der Waals surface area contributed by atoms with Crippen LogP contribution in [0.15, 0.2) is 18.3 Å². The first-order chi connectivity index (χ1) is 6.89. The van der Waals surface area contributed by atoms with Crippen LogP contribution in [0.3, 0.4) is 0 Å². The molecule has 0 spiro atoms. The van der Waals surface area contributed by atoms with Crippen molar-refractivity contribution in [2.45, 2.75) is 55.4 Å². The van der Waals surface area contributed by atoms with Crippen molar-refractivity contribution in [3.63, 3.8) is 0 Å². The smallest absolute Gasteiger partial charge is 0.000836 e. The Balaban J connectivity index is 5.55. The zero-order chi connectivity index (χ0) is 13.3. The molecule has 16 heavy (non-hydrogen) atoms. The molecule has 0 aromatic carbocycles. The molecule has 0 bridgehead atoms. The molecule has 0 amide bonds. The van der Waals surface area contributed by atoms with E-state index in [1.807, 2.05) is 0 Å². The van der Waals surface area contributed by atoms with Crippen molar-refractivity contribution in [3.8, 4) is 0 Å². The van der Waals surface area contributed by atoms with Gasteiger partial charge in [0.2, 0.25) is 0 Å². The second kappa shape index (κ2) is 5.72. The first kappa shape index (κ1) is 16.9. The summed E-state index contributed by atoms with van der Waals surface area (Å²) in [7, 11) is 0. The van der Waals surface area contributed by atoms with E-state index in [1.54, 1.807) is 0 Å². The van der Waals surface area contributed by atoms with E-state index >= 15 is 0 Å². The first-order valence-corrected chi connectivity index (χ1v) is 7.79. The highest BCUT2D eigenvalue weighted by atomic mass is 127. The van der Waals surface area contributed by atoms with Crippen molar-refractivity contribution in [1.82, 2.24) is 0 Å². The summed E-state index contributed by atoms with van der Waals surface area (Å²) in [5, 5.41) is 0. The van der Waals surface area contributed by atoms with Gasteiger partial charge in [0.1, 0.15) is 0 Å². The molecule has 0 aromatic rings. The van der Waals surface area contributed by atoms with E-state index in [0.29, 0.717) is 0 Å². The van der Waals surface area contributed by atoms with Crippen molar-refractivity contribution < 1.29 is 0 Å². The average Bonchev–Trinajstić information content (AvgIpc) is 2.10. The standard InChI is InChI=1S/C14H24I2/c1-9(11(15)13(3,4)5)10(2)12(16)14(6,7)8/h1-8H3/b11-9-,12-10-. The van der Waals surface area contributed by atoms with Crippen LogP contribution in [0.4, 0.5) is 0 Å². The summed E-state index contributed by atoms with van der Waals surface area (Å²) >= 11 is 4.99. The molecule has 0 aliphatic rings. The predicted molar refractivity (Wildman–Crippen MR) is 92.4 cm³/mol. The number of hydrogen-bond acceptors (Lipinski definition) is 0. The Bertz CT molecular complexity index is 286. The van der Waals surface area contributed by atoms with Gasteiger partial charge in [-0.3, -0.25) is 0 Å². The summed E-state index contributed by atoms with van der Waals surface area (Å²) in [6.07, 6.45) is 0. The molecule has 0 aliphatic heterocycles. The van der Waals surface area contributed by atoms with Gasteiger partial charge in [-0.25, -0.2) is 0 Å². The summed E-state index contributed by atoms with van der Waals surface area (Å²) in [6, 6.07) is 0. The highest BCUT2D eigenvalue weighted by Crippen LogP contribution is 2.40. The Labute approximate surface area is 129 Å². The van der Waals surface area contributed by atoms with Gasteiger partial charge in [0.05, 0.1) is 0 Å². The predicted octanol–water partition coefficient (Wildman–Crippen LogP) is 6.50. The largest absolute Gasteiger partial charge is 0.0556 e. The van der Waals surface area contributed by atoms with E-state index in [9.17, 15) is 0 Å². The van der Waals surface area contributed by atoms with Crippen molar-refractivity contribution in [2.75, 3.05) is 0 Å². The fourth-order valence-electron chi connectivity index (χ4n) is 1.45. The molecular formula is C14H24I2. The quantitative estimate of drug-likeness (QED) is 0.319. The zero-order valence-corrected chi connectivity index (χ0v) is 16.1. The van der Waals surface area contributed by atoms with Gasteiger partial charge in [0, 0.05) is 0 Å². The lowest BCUT2D eigenvalue weighted by atomic mass is 9.88. The maximum absolute atomic E-state index is 2.49. The lowest BCUT2D eigenvalue weighted by Crippen LogP contribution is -2.10. The van der Waals surface area contributed by atoms with Gasteiger partial charge >= 0.3 is 0 Å². The molecule has 0 saturated carbocycles. The second-order valence-corrected chi connectivity index (χ2v) is 8.54. The van der Waals surface area contributed by atoms with Crippen LogP contribution in [0.5, 0.6) is 0 Å². The Morgan fingerprint density at radius 1 is 0.625 bits per heavy atom. The molecular weight excluding hydrogens is 422 g/mol. The minimum Gasteiger partial charge on any atom is -0.0556 e. The second-order valence-electron chi connectivity index (χ2n) is 6.38. The number of allylic oxidation sites excluding steroid dienone is 4. The van der Waals surface area contributed by atoms with Gasteiger partial charge in [-0.1, -0.05) is 41.5 Å². The van der Waals surface area contributed by atoms with Gasteiger partial charge < -0.3 is 0 Å². The number of halogens is 2. The third-order valence-electron chi connectivity index (χ3n) is 2.54. The van der Waals surface area contributed by atoms with Gasteiger partial charge in [0.15, 0.2) is 0 Å². The van der Waals surface area contributed by atoms with Crippen LogP contribution in [-0.4, -0.2) is 0 Å². The molecule has 0 nitrogen and oxygen atoms in total. The third kappa shape index (κ3) is 4.67. The van der Waals surface area contributed by atoms with Crippen molar-refractivity contribution in [1.29, 1.82) is 0 Å².